The minimum atomic E-state index is -0.0945. The van der Waals surface area contributed by atoms with Crippen LogP contribution in [0.25, 0.3) is 0 Å². The predicted molar refractivity (Wildman–Crippen MR) is 103 cm³/mol. The first-order valence-corrected chi connectivity index (χ1v) is 9.63. The summed E-state index contributed by atoms with van der Waals surface area (Å²) in [6.07, 6.45) is 6.26. The Labute approximate surface area is 151 Å². The lowest BCUT2D eigenvalue weighted by Crippen LogP contribution is -2.61. The smallest absolute Gasteiger partial charge is 0.319 e. The average Bonchev–Trinajstić information content (AvgIpc) is 2.63. The Balaban J connectivity index is 1.58. The van der Waals surface area contributed by atoms with Gasteiger partial charge < -0.3 is 15.5 Å². The van der Waals surface area contributed by atoms with Crippen LogP contribution in [-0.2, 0) is 0 Å². The van der Waals surface area contributed by atoms with Gasteiger partial charge in [0.15, 0.2) is 0 Å². The Morgan fingerprint density at radius 1 is 1.04 bits per heavy atom. The summed E-state index contributed by atoms with van der Waals surface area (Å²) in [5.41, 5.74) is 2.19. The molecule has 1 aromatic rings. The summed E-state index contributed by atoms with van der Waals surface area (Å²) >= 11 is 0. The summed E-state index contributed by atoms with van der Waals surface area (Å²) in [6, 6.07) is 7.84. The molecular formula is C20H32N4O. The predicted octanol–water partition coefficient (Wildman–Crippen LogP) is 3.07. The number of rotatable bonds is 4. The first-order valence-electron chi connectivity index (χ1n) is 9.63. The molecule has 1 aromatic carbocycles. The summed E-state index contributed by atoms with van der Waals surface area (Å²) in [5, 5.41) is 6.12. The minimum absolute atomic E-state index is 0.0945. The Hall–Kier alpha value is -1.59. The van der Waals surface area contributed by atoms with Gasteiger partial charge in [-0.1, -0.05) is 37.0 Å². The van der Waals surface area contributed by atoms with E-state index in [9.17, 15) is 4.79 Å². The van der Waals surface area contributed by atoms with Crippen molar-refractivity contribution in [2.45, 2.75) is 44.6 Å². The number of nitrogens with zero attached hydrogens (tertiary/aromatic N) is 2. The van der Waals surface area contributed by atoms with Gasteiger partial charge in [0.25, 0.3) is 0 Å². The number of carbonyl (C=O) groups excluding carboxylic acids is 1. The van der Waals surface area contributed by atoms with Crippen LogP contribution >= 0.6 is 0 Å². The highest BCUT2D eigenvalue weighted by molar-refractivity contribution is 5.89. The van der Waals surface area contributed by atoms with Crippen LogP contribution in [0.1, 0.15) is 37.7 Å². The van der Waals surface area contributed by atoms with Crippen molar-refractivity contribution < 1.29 is 4.79 Å². The zero-order valence-electron chi connectivity index (χ0n) is 15.7. The van der Waals surface area contributed by atoms with Crippen LogP contribution in [0.4, 0.5) is 10.5 Å². The molecule has 5 heteroatoms. The highest BCUT2D eigenvalue weighted by Crippen LogP contribution is 2.34. The van der Waals surface area contributed by atoms with E-state index >= 15 is 0 Å². The van der Waals surface area contributed by atoms with Gasteiger partial charge in [-0.2, -0.15) is 0 Å². The molecule has 2 N–H and O–H groups in total. The van der Waals surface area contributed by atoms with E-state index in [2.05, 4.69) is 27.5 Å². The van der Waals surface area contributed by atoms with Crippen LogP contribution < -0.4 is 10.6 Å². The zero-order valence-corrected chi connectivity index (χ0v) is 15.7. The van der Waals surface area contributed by atoms with E-state index in [1.165, 1.54) is 37.7 Å². The average molecular weight is 345 g/mol. The summed E-state index contributed by atoms with van der Waals surface area (Å²) < 4.78 is 0. The molecule has 2 fully saturated rings. The number of nitrogens with one attached hydrogen (secondary N) is 2. The minimum Gasteiger partial charge on any atom is -0.336 e. The molecule has 0 bridgehead atoms. The van der Waals surface area contributed by atoms with Crippen molar-refractivity contribution in [1.82, 2.24) is 15.1 Å². The maximum absolute atomic E-state index is 12.4. The van der Waals surface area contributed by atoms with E-state index in [0.29, 0.717) is 0 Å². The first-order chi connectivity index (χ1) is 12.1. The third kappa shape index (κ3) is 4.73. The number of urea groups is 1. The summed E-state index contributed by atoms with van der Waals surface area (Å²) in [6.45, 7) is 7.26. The molecule has 0 atom stereocenters. The third-order valence-corrected chi connectivity index (χ3v) is 5.85. The Morgan fingerprint density at radius 3 is 2.32 bits per heavy atom. The topological polar surface area (TPSA) is 47.6 Å². The molecule has 2 amide bonds. The summed E-state index contributed by atoms with van der Waals surface area (Å²) in [5.74, 6) is 0. The van der Waals surface area contributed by atoms with Crippen molar-refractivity contribution in [3.05, 3.63) is 29.8 Å². The first kappa shape index (κ1) is 18.2. The molecule has 25 heavy (non-hydrogen) atoms. The van der Waals surface area contributed by atoms with Crippen LogP contribution in [0.3, 0.4) is 0 Å². The fraction of sp³-hybridized carbons (Fsp3) is 0.650. The summed E-state index contributed by atoms with van der Waals surface area (Å²) in [7, 11) is 2.19. The molecule has 5 nitrogen and oxygen atoms in total. The van der Waals surface area contributed by atoms with Crippen LogP contribution in [0.15, 0.2) is 24.3 Å². The number of aryl methyl sites for hydroxylation is 1. The van der Waals surface area contributed by atoms with Crippen molar-refractivity contribution in [3.8, 4) is 0 Å². The number of carbonyl (C=O) groups is 1. The standard InChI is InChI=1S/C20H32N4O/c1-17-6-8-18(9-7-17)22-19(25)21-16-20(10-4-3-5-11-20)24-14-12-23(2)13-15-24/h6-9H,3-5,10-16H2,1-2H3,(H2,21,22,25). The largest absolute Gasteiger partial charge is 0.336 e. The van der Waals surface area contributed by atoms with Gasteiger partial charge in [-0.25, -0.2) is 4.79 Å². The van der Waals surface area contributed by atoms with E-state index < -0.39 is 0 Å². The lowest BCUT2D eigenvalue weighted by atomic mass is 9.79. The maximum atomic E-state index is 12.4. The maximum Gasteiger partial charge on any atom is 0.319 e. The second kappa shape index (κ2) is 8.19. The molecule has 1 aliphatic heterocycles. The van der Waals surface area contributed by atoms with Gasteiger partial charge in [0.2, 0.25) is 0 Å². The number of likely N-dealkylation sites (N-methyl/N-ethyl adjacent to an activating group) is 1. The molecule has 1 aliphatic carbocycles. The fourth-order valence-electron chi connectivity index (χ4n) is 4.15. The van der Waals surface area contributed by atoms with Crippen molar-refractivity contribution in [1.29, 1.82) is 0 Å². The Morgan fingerprint density at radius 2 is 1.68 bits per heavy atom. The molecule has 1 saturated carbocycles. The molecule has 1 heterocycles. The summed E-state index contributed by atoms with van der Waals surface area (Å²) in [4.78, 5) is 17.4. The highest BCUT2D eigenvalue weighted by Gasteiger charge is 2.39. The highest BCUT2D eigenvalue weighted by atomic mass is 16.2. The van der Waals surface area contributed by atoms with Crippen LogP contribution in [0.5, 0.6) is 0 Å². The van der Waals surface area contributed by atoms with E-state index in [0.717, 1.165) is 38.4 Å². The quantitative estimate of drug-likeness (QED) is 0.882. The second-order valence-electron chi connectivity index (χ2n) is 7.75. The Bertz CT molecular complexity index is 558. The molecule has 1 saturated heterocycles. The van der Waals surface area contributed by atoms with E-state index in [4.69, 9.17) is 0 Å². The monoisotopic (exact) mass is 344 g/mol. The van der Waals surface area contributed by atoms with E-state index in [1.807, 2.05) is 31.2 Å². The molecule has 138 valence electrons. The van der Waals surface area contributed by atoms with Gasteiger partial charge in [0, 0.05) is 44.0 Å². The van der Waals surface area contributed by atoms with E-state index in [-0.39, 0.29) is 11.6 Å². The molecule has 0 radical (unpaired) electrons. The van der Waals surface area contributed by atoms with Crippen molar-refractivity contribution in [3.63, 3.8) is 0 Å². The van der Waals surface area contributed by atoms with Gasteiger partial charge in [-0.15, -0.1) is 0 Å². The molecule has 0 unspecified atom stereocenters. The van der Waals surface area contributed by atoms with Crippen LogP contribution in [0.2, 0.25) is 0 Å². The molecule has 3 rings (SSSR count). The number of hydrogen-bond acceptors (Lipinski definition) is 3. The molecule has 0 spiro atoms. The number of amides is 2. The third-order valence-electron chi connectivity index (χ3n) is 5.85. The number of hydrogen-bond donors (Lipinski definition) is 2. The Kier molecular flexibility index (Phi) is 5.97. The van der Waals surface area contributed by atoms with Crippen LogP contribution in [0, 0.1) is 6.92 Å². The number of anilines is 1. The zero-order chi connectivity index (χ0) is 17.7. The van der Waals surface area contributed by atoms with Gasteiger partial charge in [-0.05, 0) is 38.9 Å². The van der Waals surface area contributed by atoms with Gasteiger partial charge in [-0.3, -0.25) is 4.90 Å². The molecule has 2 aliphatic rings. The number of piperazine rings is 1. The number of benzene rings is 1. The van der Waals surface area contributed by atoms with Crippen molar-refractivity contribution in [2.75, 3.05) is 45.1 Å². The van der Waals surface area contributed by atoms with Gasteiger partial charge in [0.1, 0.15) is 0 Å². The molecular weight excluding hydrogens is 312 g/mol. The van der Waals surface area contributed by atoms with Crippen molar-refractivity contribution in [2.24, 2.45) is 0 Å². The lowest BCUT2D eigenvalue weighted by molar-refractivity contribution is 0.0157. The van der Waals surface area contributed by atoms with Crippen molar-refractivity contribution >= 4 is 11.7 Å². The van der Waals surface area contributed by atoms with E-state index in [1.54, 1.807) is 0 Å². The lowest BCUT2D eigenvalue weighted by Gasteiger charge is -2.49. The molecule has 0 aromatic heterocycles. The second-order valence-corrected chi connectivity index (χ2v) is 7.75. The fourth-order valence-corrected chi connectivity index (χ4v) is 4.15. The normalized spacial score (nSPS) is 21.7. The van der Waals surface area contributed by atoms with Gasteiger partial charge in [0.05, 0.1) is 0 Å². The van der Waals surface area contributed by atoms with Crippen LogP contribution in [-0.4, -0.2) is 61.1 Å². The van der Waals surface area contributed by atoms with Gasteiger partial charge >= 0.3 is 6.03 Å². The SMILES string of the molecule is Cc1ccc(NC(=O)NCC2(N3CCN(C)CC3)CCCCC2)cc1.